The maximum atomic E-state index is 2.58. The van der Waals surface area contributed by atoms with Gasteiger partial charge in [-0.25, -0.2) is 0 Å². The largest absolute Gasteiger partial charge is 0.300 e. The minimum atomic E-state index is 0.352. The van der Waals surface area contributed by atoms with Gasteiger partial charge in [-0.2, -0.15) is 0 Å². The van der Waals surface area contributed by atoms with Crippen LogP contribution >= 0.6 is 0 Å². The molecule has 0 N–H and O–H groups in total. The summed E-state index contributed by atoms with van der Waals surface area (Å²) in [6.07, 6.45) is 3.68. The van der Waals surface area contributed by atoms with Crippen molar-refractivity contribution >= 4 is 0 Å². The summed E-state index contributed by atoms with van der Waals surface area (Å²) in [4.78, 5) is 2.58. The van der Waals surface area contributed by atoms with Gasteiger partial charge in [0, 0.05) is 19.1 Å². The van der Waals surface area contributed by atoms with E-state index in [2.05, 4.69) is 45.6 Å². The van der Waals surface area contributed by atoms with Crippen molar-refractivity contribution in [2.75, 3.05) is 13.1 Å². The fourth-order valence-corrected chi connectivity index (χ4v) is 2.15. The summed E-state index contributed by atoms with van der Waals surface area (Å²) < 4.78 is 0. The lowest BCUT2D eigenvalue weighted by Crippen LogP contribution is -2.37. The average molecular weight is 181 g/mol. The maximum Gasteiger partial charge on any atom is 0.00703 e. The number of nitrogens with zero attached hydrogens (tertiary/aromatic N) is 1. The Labute approximate surface area is 82.8 Å². The van der Waals surface area contributed by atoms with Gasteiger partial charge in [-0.15, -0.1) is 0 Å². The zero-order chi connectivity index (χ0) is 10.1. The van der Waals surface area contributed by atoms with Gasteiger partial charge in [-0.05, 0) is 32.6 Å². The summed E-state index contributed by atoms with van der Waals surface area (Å²) in [5, 5.41) is 0. The Morgan fingerprint density at radius 2 is 2.00 bits per heavy atom. The second kappa shape index (κ2) is 3.83. The molecule has 76 valence electrons. The Morgan fingerprint density at radius 3 is 2.54 bits per heavy atom. The molecule has 0 atom stereocenters. The van der Waals surface area contributed by atoms with Crippen molar-refractivity contribution in [3.05, 3.63) is 11.6 Å². The van der Waals surface area contributed by atoms with E-state index >= 15 is 0 Å². The Kier molecular flexibility index (Phi) is 3.18. The van der Waals surface area contributed by atoms with E-state index in [1.807, 2.05) is 0 Å². The highest BCUT2D eigenvalue weighted by atomic mass is 15.1. The van der Waals surface area contributed by atoms with Crippen LogP contribution in [0.4, 0.5) is 0 Å². The molecule has 0 saturated heterocycles. The Balaban J connectivity index is 2.72. The molecule has 1 rings (SSSR count). The predicted molar refractivity (Wildman–Crippen MR) is 58.9 cm³/mol. The van der Waals surface area contributed by atoms with Gasteiger partial charge in [-0.3, -0.25) is 4.90 Å². The predicted octanol–water partition coefficient (Wildman–Crippen LogP) is 3.07. The Morgan fingerprint density at radius 1 is 1.38 bits per heavy atom. The minimum Gasteiger partial charge on any atom is -0.300 e. The maximum absolute atomic E-state index is 2.58. The quantitative estimate of drug-likeness (QED) is 0.562. The number of hydrogen-bond donors (Lipinski definition) is 0. The lowest BCUT2D eigenvalue weighted by Gasteiger charge is -2.31. The van der Waals surface area contributed by atoms with Crippen LogP contribution < -0.4 is 0 Å². The summed E-state index contributed by atoms with van der Waals surface area (Å²) in [5.74, 6) is 0. The van der Waals surface area contributed by atoms with E-state index in [9.17, 15) is 0 Å². The highest BCUT2D eigenvalue weighted by Gasteiger charge is 2.23. The van der Waals surface area contributed by atoms with Crippen LogP contribution in [0.1, 0.15) is 41.0 Å². The minimum absolute atomic E-state index is 0.352. The van der Waals surface area contributed by atoms with Gasteiger partial charge in [0.2, 0.25) is 0 Å². The Hall–Kier alpha value is -0.300. The molecule has 1 nitrogen and oxygen atoms in total. The normalized spacial score (nSPS) is 24.3. The molecule has 0 radical (unpaired) electrons. The molecule has 0 spiro atoms. The summed E-state index contributed by atoms with van der Waals surface area (Å²) in [7, 11) is 0. The highest BCUT2D eigenvalue weighted by Crippen LogP contribution is 2.26. The van der Waals surface area contributed by atoms with Crippen molar-refractivity contribution in [1.82, 2.24) is 4.90 Å². The smallest absolute Gasteiger partial charge is 0.00703 e. The molecule has 0 aromatic heterocycles. The van der Waals surface area contributed by atoms with Crippen LogP contribution in [-0.4, -0.2) is 24.0 Å². The molecule has 1 heteroatoms. The lowest BCUT2D eigenvalue weighted by molar-refractivity contribution is 0.179. The zero-order valence-electron chi connectivity index (χ0n) is 9.72. The average Bonchev–Trinajstić information content (AvgIpc) is 2.07. The van der Waals surface area contributed by atoms with E-state index < -0.39 is 0 Å². The molecule has 1 aliphatic rings. The molecular formula is C12H23N. The van der Waals surface area contributed by atoms with Gasteiger partial charge >= 0.3 is 0 Å². The highest BCUT2D eigenvalue weighted by molar-refractivity contribution is 5.08. The molecule has 0 saturated carbocycles. The van der Waals surface area contributed by atoms with Crippen LogP contribution in [0.25, 0.3) is 0 Å². The van der Waals surface area contributed by atoms with Crippen molar-refractivity contribution in [2.45, 2.75) is 47.1 Å². The summed E-state index contributed by atoms with van der Waals surface area (Å²) in [6.45, 7) is 13.9. The monoisotopic (exact) mass is 181 g/mol. The molecule has 0 amide bonds. The van der Waals surface area contributed by atoms with E-state index in [1.165, 1.54) is 19.5 Å². The molecule has 0 aromatic rings. The van der Waals surface area contributed by atoms with Crippen LogP contribution in [-0.2, 0) is 0 Å². The fraction of sp³-hybridized carbons (Fsp3) is 0.833. The molecular weight excluding hydrogens is 158 g/mol. The molecule has 1 aliphatic heterocycles. The van der Waals surface area contributed by atoms with Gasteiger partial charge in [0.05, 0.1) is 0 Å². The van der Waals surface area contributed by atoms with E-state index in [-0.39, 0.29) is 0 Å². The summed E-state index contributed by atoms with van der Waals surface area (Å²) in [6, 6.07) is 0.679. The SMILES string of the molecule is CC1=CC(C)(C)CN(C(C)C)CC1. The molecule has 0 aliphatic carbocycles. The second-order valence-corrected chi connectivity index (χ2v) is 5.29. The Bertz CT molecular complexity index is 201. The molecule has 0 unspecified atom stereocenters. The van der Waals surface area contributed by atoms with Gasteiger partial charge in [0.15, 0.2) is 0 Å². The van der Waals surface area contributed by atoms with Gasteiger partial charge in [0.25, 0.3) is 0 Å². The van der Waals surface area contributed by atoms with Crippen LogP contribution in [0.2, 0.25) is 0 Å². The molecule has 0 bridgehead atoms. The lowest BCUT2D eigenvalue weighted by atomic mass is 9.91. The van der Waals surface area contributed by atoms with Crippen molar-refractivity contribution in [1.29, 1.82) is 0 Å². The molecule has 0 fully saturated rings. The molecule has 13 heavy (non-hydrogen) atoms. The summed E-state index contributed by atoms with van der Waals surface area (Å²) in [5.41, 5.74) is 1.90. The first kappa shape index (κ1) is 10.8. The van der Waals surface area contributed by atoms with Crippen molar-refractivity contribution < 1.29 is 0 Å². The van der Waals surface area contributed by atoms with Crippen LogP contribution in [0, 0.1) is 5.41 Å². The third kappa shape index (κ3) is 3.15. The molecule has 1 heterocycles. The van der Waals surface area contributed by atoms with E-state index in [0.29, 0.717) is 11.5 Å². The van der Waals surface area contributed by atoms with Gasteiger partial charge in [-0.1, -0.05) is 25.5 Å². The molecule has 0 aromatic carbocycles. The first-order valence-corrected chi connectivity index (χ1v) is 5.33. The van der Waals surface area contributed by atoms with Crippen molar-refractivity contribution in [3.63, 3.8) is 0 Å². The van der Waals surface area contributed by atoms with Crippen molar-refractivity contribution in [3.8, 4) is 0 Å². The van der Waals surface area contributed by atoms with Crippen molar-refractivity contribution in [2.24, 2.45) is 5.41 Å². The van der Waals surface area contributed by atoms with E-state index in [1.54, 1.807) is 5.57 Å². The number of rotatable bonds is 1. The zero-order valence-corrected chi connectivity index (χ0v) is 9.72. The standard InChI is InChI=1S/C12H23N/c1-10(2)13-7-6-11(3)8-12(4,5)9-13/h8,10H,6-7,9H2,1-5H3. The third-order valence-electron chi connectivity index (χ3n) is 2.77. The van der Waals surface area contributed by atoms with E-state index in [0.717, 1.165) is 0 Å². The first-order chi connectivity index (χ1) is 5.91. The second-order valence-electron chi connectivity index (χ2n) is 5.29. The summed E-state index contributed by atoms with van der Waals surface area (Å²) >= 11 is 0. The fourth-order valence-electron chi connectivity index (χ4n) is 2.15. The van der Waals surface area contributed by atoms with Crippen LogP contribution in [0.15, 0.2) is 11.6 Å². The van der Waals surface area contributed by atoms with E-state index in [4.69, 9.17) is 0 Å². The topological polar surface area (TPSA) is 3.24 Å². The van der Waals surface area contributed by atoms with Gasteiger partial charge < -0.3 is 0 Å². The first-order valence-electron chi connectivity index (χ1n) is 5.33. The van der Waals surface area contributed by atoms with Crippen LogP contribution in [0.5, 0.6) is 0 Å². The third-order valence-corrected chi connectivity index (χ3v) is 2.77. The van der Waals surface area contributed by atoms with Crippen LogP contribution in [0.3, 0.4) is 0 Å². The van der Waals surface area contributed by atoms with Gasteiger partial charge in [0.1, 0.15) is 0 Å². The number of hydrogen-bond acceptors (Lipinski definition) is 1.